The molecule has 1 fully saturated rings. The highest BCUT2D eigenvalue weighted by Crippen LogP contribution is 2.33. The van der Waals surface area contributed by atoms with E-state index in [9.17, 15) is 10.1 Å². The smallest absolute Gasteiger partial charge is 0.269 e. The van der Waals surface area contributed by atoms with E-state index in [0.29, 0.717) is 5.41 Å². The van der Waals surface area contributed by atoms with Crippen molar-refractivity contribution in [2.24, 2.45) is 11.3 Å². The molecule has 1 heterocycles. The Morgan fingerprint density at radius 3 is 2.50 bits per heavy atom. The molecule has 0 aromatic heterocycles. The van der Waals surface area contributed by atoms with Crippen LogP contribution in [-0.2, 0) is 6.54 Å². The van der Waals surface area contributed by atoms with E-state index in [2.05, 4.69) is 25.7 Å². The minimum Gasteiger partial charge on any atom is -0.299 e. The van der Waals surface area contributed by atoms with Crippen LogP contribution in [0.3, 0.4) is 0 Å². The van der Waals surface area contributed by atoms with E-state index in [1.807, 2.05) is 12.1 Å². The molecular formula is C16H24N2O2. The van der Waals surface area contributed by atoms with Gasteiger partial charge in [-0.2, -0.15) is 0 Å². The molecule has 1 aliphatic heterocycles. The molecule has 4 heteroatoms. The first-order valence-corrected chi connectivity index (χ1v) is 7.32. The van der Waals surface area contributed by atoms with Crippen molar-refractivity contribution in [2.45, 2.75) is 40.2 Å². The lowest BCUT2D eigenvalue weighted by Crippen LogP contribution is -2.40. The van der Waals surface area contributed by atoms with Gasteiger partial charge in [-0.25, -0.2) is 0 Å². The Balaban J connectivity index is 1.97. The minimum absolute atomic E-state index is 0.167. The summed E-state index contributed by atoms with van der Waals surface area (Å²) in [4.78, 5) is 12.8. The Kier molecular flexibility index (Phi) is 4.43. The van der Waals surface area contributed by atoms with E-state index in [4.69, 9.17) is 0 Å². The Morgan fingerprint density at radius 1 is 1.30 bits per heavy atom. The molecule has 2 rings (SSSR count). The van der Waals surface area contributed by atoms with Gasteiger partial charge in [-0.1, -0.05) is 32.9 Å². The van der Waals surface area contributed by atoms with Gasteiger partial charge in [0.15, 0.2) is 0 Å². The quantitative estimate of drug-likeness (QED) is 0.622. The van der Waals surface area contributed by atoms with Gasteiger partial charge in [0.05, 0.1) is 4.92 Å². The number of nitro benzene ring substituents is 1. The number of nitro groups is 1. The minimum atomic E-state index is -0.347. The van der Waals surface area contributed by atoms with Crippen molar-refractivity contribution in [3.05, 3.63) is 39.9 Å². The summed E-state index contributed by atoms with van der Waals surface area (Å²) in [5.74, 6) is 0.731. The molecule has 1 aromatic rings. The summed E-state index contributed by atoms with van der Waals surface area (Å²) in [7, 11) is 0. The summed E-state index contributed by atoms with van der Waals surface area (Å²) < 4.78 is 0. The van der Waals surface area contributed by atoms with Gasteiger partial charge >= 0.3 is 0 Å². The van der Waals surface area contributed by atoms with E-state index >= 15 is 0 Å². The summed E-state index contributed by atoms with van der Waals surface area (Å²) >= 11 is 0. The Hall–Kier alpha value is -1.42. The second-order valence-corrected chi connectivity index (χ2v) is 6.86. The van der Waals surface area contributed by atoms with Gasteiger partial charge in [-0.15, -0.1) is 0 Å². The maximum Gasteiger partial charge on any atom is 0.269 e. The Bertz CT molecular complexity index is 462. The number of rotatable bonds is 3. The van der Waals surface area contributed by atoms with Crippen LogP contribution in [0, 0.1) is 21.4 Å². The first-order valence-electron chi connectivity index (χ1n) is 7.32. The number of hydrogen-bond donors (Lipinski definition) is 0. The van der Waals surface area contributed by atoms with Gasteiger partial charge < -0.3 is 0 Å². The third kappa shape index (κ3) is 3.79. The van der Waals surface area contributed by atoms with Crippen molar-refractivity contribution in [2.75, 3.05) is 13.1 Å². The SMILES string of the molecule is CC(C)(C)[C@H]1CCCN(Cc2ccc([N+](=O)[O-])cc2)C1. The molecule has 20 heavy (non-hydrogen) atoms. The topological polar surface area (TPSA) is 46.4 Å². The highest BCUT2D eigenvalue weighted by atomic mass is 16.6. The second-order valence-electron chi connectivity index (χ2n) is 6.86. The van der Waals surface area contributed by atoms with Crippen molar-refractivity contribution < 1.29 is 4.92 Å². The van der Waals surface area contributed by atoms with E-state index in [0.717, 1.165) is 31.1 Å². The van der Waals surface area contributed by atoms with E-state index < -0.39 is 0 Å². The predicted octanol–water partition coefficient (Wildman–Crippen LogP) is 3.85. The molecule has 0 N–H and O–H groups in total. The number of piperidine rings is 1. The normalized spacial score (nSPS) is 20.9. The maximum absolute atomic E-state index is 10.7. The van der Waals surface area contributed by atoms with Crippen molar-refractivity contribution in [1.29, 1.82) is 0 Å². The second kappa shape index (κ2) is 5.92. The van der Waals surface area contributed by atoms with Crippen LogP contribution in [0.1, 0.15) is 39.2 Å². The van der Waals surface area contributed by atoms with E-state index in [-0.39, 0.29) is 10.6 Å². The van der Waals surface area contributed by atoms with Crippen molar-refractivity contribution >= 4 is 5.69 Å². The predicted molar refractivity (Wildman–Crippen MR) is 80.6 cm³/mol. The van der Waals surface area contributed by atoms with Gasteiger partial charge in [0, 0.05) is 25.2 Å². The fraction of sp³-hybridized carbons (Fsp3) is 0.625. The fourth-order valence-corrected chi connectivity index (χ4v) is 2.89. The van der Waals surface area contributed by atoms with Gasteiger partial charge in [0.25, 0.3) is 5.69 Å². The summed E-state index contributed by atoms with van der Waals surface area (Å²) in [6.07, 6.45) is 2.55. The van der Waals surface area contributed by atoms with Crippen LogP contribution in [0.4, 0.5) is 5.69 Å². The van der Waals surface area contributed by atoms with E-state index in [1.54, 1.807) is 12.1 Å². The molecule has 0 spiro atoms. The van der Waals surface area contributed by atoms with Crippen LogP contribution in [-0.4, -0.2) is 22.9 Å². The first kappa shape index (κ1) is 15.0. The monoisotopic (exact) mass is 276 g/mol. The van der Waals surface area contributed by atoms with Crippen LogP contribution in [0.5, 0.6) is 0 Å². The van der Waals surface area contributed by atoms with Crippen molar-refractivity contribution in [1.82, 2.24) is 4.90 Å². The van der Waals surface area contributed by atoms with Gasteiger partial charge in [-0.3, -0.25) is 15.0 Å². The van der Waals surface area contributed by atoms with Crippen LogP contribution in [0.25, 0.3) is 0 Å². The molecule has 1 aromatic carbocycles. The lowest BCUT2D eigenvalue weighted by atomic mass is 9.76. The molecule has 0 aliphatic carbocycles. The highest BCUT2D eigenvalue weighted by Gasteiger charge is 2.29. The molecule has 0 unspecified atom stereocenters. The molecule has 0 saturated carbocycles. The summed E-state index contributed by atoms with van der Waals surface area (Å²) in [5.41, 5.74) is 1.68. The fourth-order valence-electron chi connectivity index (χ4n) is 2.89. The summed E-state index contributed by atoms with van der Waals surface area (Å²) in [6.45, 7) is 10.1. The Morgan fingerprint density at radius 2 is 1.95 bits per heavy atom. The van der Waals surface area contributed by atoms with Crippen molar-refractivity contribution in [3.63, 3.8) is 0 Å². The van der Waals surface area contributed by atoms with Gasteiger partial charge in [0.1, 0.15) is 0 Å². The zero-order valence-electron chi connectivity index (χ0n) is 12.6. The molecule has 0 amide bonds. The number of likely N-dealkylation sites (tertiary alicyclic amines) is 1. The number of non-ortho nitro benzene ring substituents is 1. The lowest BCUT2D eigenvalue weighted by Gasteiger charge is -2.39. The lowest BCUT2D eigenvalue weighted by molar-refractivity contribution is -0.384. The van der Waals surface area contributed by atoms with Gasteiger partial charge in [-0.05, 0) is 36.3 Å². The average molecular weight is 276 g/mol. The average Bonchev–Trinajstić information content (AvgIpc) is 2.38. The van der Waals surface area contributed by atoms with Crippen LogP contribution in [0.15, 0.2) is 24.3 Å². The molecule has 1 saturated heterocycles. The third-order valence-electron chi connectivity index (χ3n) is 4.28. The van der Waals surface area contributed by atoms with E-state index in [1.165, 1.54) is 12.8 Å². The number of nitrogens with zero attached hydrogens (tertiary/aromatic N) is 2. The zero-order chi connectivity index (χ0) is 14.8. The molecule has 1 aliphatic rings. The maximum atomic E-state index is 10.7. The number of benzene rings is 1. The summed E-state index contributed by atoms with van der Waals surface area (Å²) in [5, 5.41) is 10.7. The molecule has 0 radical (unpaired) electrons. The van der Waals surface area contributed by atoms with Crippen LogP contribution < -0.4 is 0 Å². The highest BCUT2D eigenvalue weighted by molar-refractivity contribution is 5.32. The zero-order valence-corrected chi connectivity index (χ0v) is 12.6. The largest absolute Gasteiger partial charge is 0.299 e. The molecule has 0 bridgehead atoms. The molecule has 110 valence electrons. The van der Waals surface area contributed by atoms with Gasteiger partial charge in [0.2, 0.25) is 0 Å². The molecule has 1 atom stereocenters. The van der Waals surface area contributed by atoms with Crippen LogP contribution >= 0.6 is 0 Å². The standard InChI is InChI=1S/C16H24N2O2/c1-16(2,3)14-5-4-10-17(12-14)11-13-6-8-15(9-7-13)18(19)20/h6-9,14H,4-5,10-12H2,1-3H3/t14-/m0/s1. The molecule has 4 nitrogen and oxygen atoms in total. The summed E-state index contributed by atoms with van der Waals surface area (Å²) in [6, 6.07) is 6.94. The first-order chi connectivity index (χ1) is 9.36. The number of hydrogen-bond acceptors (Lipinski definition) is 3. The van der Waals surface area contributed by atoms with Crippen LogP contribution in [0.2, 0.25) is 0 Å². The van der Waals surface area contributed by atoms with Crippen molar-refractivity contribution in [3.8, 4) is 0 Å². The Labute approximate surface area is 120 Å². The third-order valence-corrected chi connectivity index (χ3v) is 4.28. The molecular weight excluding hydrogens is 252 g/mol.